The number of piperazine rings is 1. The normalized spacial score (nSPS) is 27.3. The van der Waals surface area contributed by atoms with E-state index in [4.69, 9.17) is 4.74 Å². The van der Waals surface area contributed by atoms with E-state index in [0.29, 0.717) is 0 Å². The Morgan fingerprint density at radius 2 is 1.83 bits per heavy atom. The van der Waals surface area contributed by atoms with Crippen LogP contribution in [-0.4, -0.2) is 73.4 Å². The topological polar surface area (TPSA) is 27.7 Å². The quantitative estimate of drug-likeness (QED) is 0.806. The zero-order chi connectivity index (χ0) is 13.2. The molecule has 0 amide bonds. The van der Waals surface area contributed by atoms with Crippen molar-refractivity contribution in [3.05, 3.63) is 0 Å². The molecule has 0 radical (unpaired) electrons. The summed E-state index contributed by atoms with van der Waals surface area (Å²) in [5, 5.41) is 3.43. The van der Waals surface area contributed by atoms with Gasteiger partial charge < -0.3 is 10.1 Å². The third kappa shape index (κ3) is 3.67. The Balaban J connectivity index is 1.90. The molecule has 0 saturated carbocycles. The molecule has 2 saturated heterocycles. The first-order valence-electron chi connectivity index (χ1n) is 7.21. The summed E-state index contributed by atoms with van der Waals surface area (Å²) in [5.74, 6) is 0. The molecule has 0 aromatic rings. The van der Waals surface area contributed by atoms with E-state index >= 15 is 0 Å². The molecule has 2 heterocycles. The first-order valence-corrected chi connectivity index (χ1v) is 7.21. The molecule has 2 rings (SSSR count). The van der Waals surface area contributed by atoms with Crippen molar-refractivity contribution in [1.82, 2.24) is 15.1 Å². The van der Waals surface area contributed by atoms with Gasteiger partial charge >= 0.3 is 0 Å². The van der Waals surface area contributed by atoms with Crippen molar-refractivity contribution >= 4 is 0 Å². The zero-order valence-electron chi connectivity index (χ0n) is 12.5. The van der Waals surface area contributed by atoms with Crippen molar-refractivity contribution in [3.8, 4) is 0 Å². The van der Waals surface area contributed by atoms with Crippen molar-refractivity contribution in [1.29, 1.82) is 0 Å². The maximum atomic E-state index is 5.79. The summed E-state index contributed by atoms with van der Waals surface area (Å²) < 4.78 is 5.79. The Labute approximate surface area is 112 Å². The molecule has 0 unspecified atom stereocenters. The molecule has 18 heavy (non-hydrogen) atoms. The van der Waals surface area contributed by atoms with Crippen molar-refractivity contribution < 1.29 is 4.74 Å². The highest BCUT2D eigenvalue weighted by Crippen LogP contribution is 2.21. The van der Waals surface area contributed by atoms with Gasteiger partial charge in [-0.3, -0.25) is 9.80 Å². The predicted octanol–water partition coefficient (Wildman–Crippen LogP) is 0.781. The molecule has 4 nitrogen and oxygen atoms in total. The van der Waals surface area contributed by atoms with Crippen molar-refractivity contribution in [3.63, 3.8) is 0 Å². The molecule has 2 fully saturated rings. The fourth-order valence-electron chi connectivity index (χ4n) is 3.17. The Morgan fingerprint density at radius 3 is 2.44 bits per heavy atom. The Morgan fingerprint density at radius 1 is 1.17 bits per heavy atom. The van der Waals surface area contributed by atoms with Gasteiger partial charge in [0.25, 0.3) is 0 Å². The number of morpholine rings is 1. The van der Waals surface area contributed by atoms with Crippen LogP contribution < -0.4 is 5.32 Å². The lowest BCUT2D eigenvalue weighted by molar-refractivity contribution is -0.0961. The second kappa shape index (κ2) is 5.45. The number of rotatable bonds is 3. The number of ether oxygens (including phenoxy) is 1. The fourth-order valence-corrected chi connectivity index (χ4v) is 3.17. The summed E-state index contributed by atoms with van der Waals surface area (Å²) in [6.07, 6.45) is 0. The molecule has 0 spiro atoms. The second-order valence-corrected chi connectivity index (χ2v) is 6.87. The summed E-state index contributed by atoms with van der Waals surface area (Å²) >= 11 is 0. The highest BCUT2D eigenvalue weighted by atomic mass is 16.5. The van der Waals surface area contributed by atoms with E-state index in [2.05, 4.69) is 42.8 Å². The molecule has 106 valence electrons. The molecule has 0 bridgehead atoms. The summed E-state index contributed by atoms with van der Waals surface area (Å²) in [7, 11) is 0. The van der Waals surface area contributed by atoms with Crippen LogP contribution in [0, 0.1) is 0 Å². The third-order valence-corrected chi connectivity index (χ3v) is 4.09. The predicted molar refractivity (Wildman–Crippen MR) is 75.0 cm³/mol. The SMILES string of the molecule is CC1(C)CN(CC(C)(C)N2CCNCC2)CCO1. The molecule has 0 aromatic carbocycles. The number of nitrogens with one attached hydrogen (secondary N) is 1. The summed E-state index contributed by atoms with van der Waals surface area (Å²) in [6, 6.07) is 0. The van der Waals surface area contributed by atoms with E-state index in [-0.39, 0.29) is 11.1 Å². The molecule has 2 aliphatic rings. The van der Waals surface area contributed by atoms with Gasteiger partial charge in [0, 0.05) is 51.4 Å². The van der Waals surface area contributed by atoms with Crippen LogP contribution in [0.15, 0.2) is 0 Å². The van der Waals surface area contributed by atoms with Crippen LogP contribution in [0.5, 0.6) is 0 Å². The second-order valence-electron chi connectivity index (χ2n) is 6.87. The average Bonchev–Trinajstić information content (AvgIpc) is 2.28. The standard InChI is InChI=1S/C14H29N3O/c1-13(2,17-7-5-15-6-8-17)11-16-9-10-18-14(3,4)12-16/h15H,5-12H2,1-4H3. The minimum atomic E-state index is 0.0117. The summed E-state index contributed by atoms with van der Waals surface area (Å²) in [4.78, 5) is 5.18. The van der Waals surface area contributed by atoms with Gasteiger partial charge in [0.2, 0.25) is 0 Å². The van der Waals surface area contributed by atoms with E-state index in [1.54, 1.807) is 0 Å². The number of nitrogens with zero attached hydrogens (tertiary/aromatic N) is 2. The highest BCUT2D eigenvalue weighted by molar-refractivity contribution is 4.90. The van der Waals surface area contributed by atoms with E-state index < -0.39 is 0 Å². The molecule has 1 N–H and O–H groups in total. The summed E-state index contributed by atoms with van der Waals surface area (Å²) in [6.45, 7) is 17.8. The molecule has 2 aliphatic heterocycles. The minimum absolute atomic E-state index is 0.0117. The molecular formula is C14H29N3O. The Bertz CT molecular complexity index is 272. The van der Waals surface area contributed by atoms with Gasteiger partial charge in [-0.1, -0.05) is 0 Å². The van der Waals surface area contributed by atoms with Gasteiger partial charge in [-0.25, -0.2) is 0 Å². The van der Waals surface area contributed by atoms with Crippen LogP contribution in [0.2, 0.25) is 0 Å². The molecular weight excluding hydrogens is 226 g/mol. The van der Waals surface area contributed by atoms with Crippen molar-refractivity contribution in [2.75, 3.05) is 52.4 Å². The fraction of sp³-hybridized carbons (Fsp3) is 1.00. The van der Waals surface area contributed by atoms with Gasteiger partial charge in [-0.2, -0.15) is 0 Å². The van der Waals surface area contributed by atoms with Gasteiger partial charge in [0.1, 0.15) is 0 Å². The van der Waals surface area contributed by atoms with Crippen LogP contribution in [0.3, 0.4) is 0 Å². The highest BCUT2D eigenvalue weighted by Gasteiger charge is 2.34. The zero-order valence-corrected chi connectivity index (χ0v) is 12.5. The van der Waals surface area contributed by atoms with Gasteiger partial charge in [0.15, 0.2) is 0 Å². The maximum absolute atomic E-state index is 5.79. The lowest BCUT2D eigenvalue weighted by Gasteiger charge is -2.46. The number of hydrogen-bond acceptors (Lipinski definition) is 4. The molecule has 0 aliphatic carbocycles. The van der Waals surface area contributed by atoms with Crippen LogP contribution in [0.4, 0.5) is 0 Å². The molecule has 0 atom stereocenters. The van der Waals surface area contributed by atoms with Gasteiger partial charge in [-0.15, -0.1) is 0 Å². The van der Waals surface area contributed by atoms with E-state index in [1.165, 1.54) is 13.1 Å². The van der Waals surface area contributed by atoms with Gasteiger partial charge in [0.05, 0.1) is 12.2 Å². The van der Waals surface area contributed by atoms with E-state index in [9.17, 15) is 0 Å². The lowest BCUT2D eigenvalue weighted by atomic mass is 9.98. The monoisotopic (exact) mass is 255 g/mol. The van der Waals surface area contributed by atoms with Gasteiger partial charge in [-0.05, 0) is 27.7 Å². The Kier molecular flexibility index (Phi) is 4.32. The molecule has 4 heteroatoms. The molecule has 0 aromatic heterocycles. The Hall–Kier alpha value is -0.160. The van der Waals surface area contributed by atoms with Crippen molar-refractivity contribution in [2.24, 2.45) is 0 Å². The largest absolute Gasteiger partial charge is 0.373 e. The first-order chi connectivity index (χ1) is 8.39. The lowest BCUT2D eigenvalue weighted by Crippen LogP contribution is -2.60. The summed E-state index contributed by atoms with van der Waals surface area (Å²) in [5.41, 5.74) is 0.271. The van der Waals surface area contributed by atoms with Crippen molar-refractivity contribution in [2.45, 2.75) is 38.8 Å². The van der Waals surface area contributed by atoms with Crippen LogP contribution >= 0.6 is 0 Å². The van der Waals surface area contributed by atoms with Crippen LogP contribution in [0.25, 0.3) is 0 Å². The maximum Gasteiger partial charge on any atom is 0.0753 e. The average molecular weight is 255 g/mol. The smallest absolute Gasteiger partial charge is 0.0753 e. The van der Waals surface area contributed by atoms with E-state index in [0.717, 1.165) is 39.3 Å². The van der Waals surface area contributed by atoms with Crippen LogP contribution in [-0.2, 0) is 4.74 Å². The minimum Gasteiger partial charge on any atom is -0.373 e. The first kappa shape index (κ1) is 14.3. The number of hydrogen-bond donors (Lipinski definition) is 1. The third-order valence-electron chi connectivity index (χ3n) is 4.09. The van der Waals surface area contributed by atoms with E-state index in [1.807, 2.05) is 0 Å². The van der Waals surface area contributed by atoms with Crippen LogP contribution in [0.1, 0.15) is 27.7 Å².